The number of benzene rings is 2. The molecule has 2 N–H and O–H groups in total. The maximum atomic E-state index is 4.44. The first-order chi connectivity index (χ1) is 12.1. The van der Waals surface area contributed by atoms with Crippen LogP contribution in [-0.4, -0.2) is 20.4 Å². The molecule has 0 amide bonds. The smallest absolute Gasteiger partial charge is 0.0923 e. The molecule has 128 valence electrons. The van der Waals surface area contributed by atoms with E-state index < -0.39 is 0 Å². The molecule has 4 rings (SSSR count). The van der Waals surface area contributed by atoms with Crippen LogP contribution in [0.15, 0.2) is 48.7 Å². The molecule has 0 aliphatic rings. The third kappa shape index (κ3) is 2.82. The highest BCUT2D eigenvalue weighted by Gasteiger charge is 2.25. The zero-order valence-electron chi connectivity index (χ0n) is 15.0. The topological polar surface area (TPSA) is 57.4 Å². The first kappa shape index (κ1) is 15.9. The Hall–Kier alpha value is -2.62. The van der Waals surface area contributed by atoms with Crippen molar-refractivity contribution in [3.05, 3.63) is 59.9 Å². The van der Waals surface area contributed by atoms with Crippen molar-refractivity contribution in [2.75, 3.05) is 0 Å². The summed E-state index contributed by atoms with van der Waals surface area (Å²) in [5.41, 5.74) is 4.85. The van der Waals surface area contributed by atoms with Gasteiger partial charge in [-0.2, -0.15) is 10.2 Å². The Labute approximate surface area is 147 Å². The number of aromatic amines is 2. The molecule has 2 aromatic heterocycles. The lowest BCUT2D eigenvalue weighted by Crippen LogP contribution is -2.18. The molecule has 0 unspecified atom stereocenters. The molecule has 2 aromatic carbocycles. The monoisotopic (exact) mass is 332 g/mol. The molecule has 1 atom stereocenters. The second-order valence-electron chi connectivity index (χ2n) is 7.61. The Morgan fingerprint density at radius 3 is 2.72 bits per heavy atom. The van der Waals surface area contributed by atoms with Crippen molar-refractivity contribution >= 4 is 21.8 Å². The van der Waals surface area contributed by atoms with E-state index >= 15 is 0 Å². The van der Waals surface area contributed by atoms with Gasteiger partial charge in [-0.05, 0) is 41.9 Å². The molecular formula is C21H24N4. The maximum Gasteiger partial charge on any atom is 0.0923 e. The Morgan fingerprint density at radius 2 is 1.84 bits per heavy atom. The van der Waals surface area contributed by atoms with Gasteiger partial charge in [0.05, 0.1) is 17.2 Å². The highest BCUT2D eigenvalue weighted by molar-refractivity contribution is 5.83. The summed E-state index contributed by atoms with van der Waals surface area (Å²) in [6.07, 6.45) is 4.15. The Morgan fingerprint density at radius 1 is 1.00 bits per heavy atom. The molecule has 0 aliphatic heterocycles. The summed E-state index contributed by atoms with van der Waals surface area (Å²) in [5, 5.41) is 17.4. The summed E-state index contributed by atoms with van der Waals surface area (Å²) < 4.78 is 0. The molecule has 2 heterocycles. The van der Waals surface area contributed by atoms with Crippen LogP contribution in [0.4, 0.5) is 0 Å². The summed E-state index contributed by atoms with van der Waals surface area (Å²) in [5.74, 6) is 0.440. The number of hydrogen-bond acceptors (Lipinski definition) is 2. The lowest BCUT2D eigenvalue weighted by atomic mass is 9.77. The molecule has 4 aromatic rings. The minimum Gasteiger partial charge on any atom is -0.281 e. The number of H-pyrrole nitrogens is 2. The average Bonchev–Trinajstić information content (AvgIpc) is 3.26. The van der Waals surface area contributed by atoms with E-state index in [9.17, 15) is 0 Å². The Bertz CT molecular complexity index is 1010. The van der Waals surface area contributed by atoms with Crippen LogP contribution in [0, 0.1) is 0 Å². The van der Waals surface area contributed by atoms with Crippen LogP contribution in [0.2, 0.25) is 0 Å². The number of nitrogens with one attached hydrogen (secondary N) is 2. The molecule has 0 saturated carbocycles. The van der Waals surface area contributed by atoms with Crippen LogP contribution in [-0.2, 0) is 5.41 Å². The highest BCUT2D eigenvalue weighted by Crippen LogP contribution is 2.36. The van der Waals surface area contributed by atoms with E-state index in [1.165, 1.54) is 22.0 Å². The number of aromatic nitrogens is 4. The van der Waals surface area contributed by atoms with Crippen molar-refractivity contribution in [3.63, 3.8) is 0 Å². The van der Waals surface area contributed by atoms with Crippen LogP contribution < -0.4 is 0 Å². The van der Waals surface area contributed by atoms with Crippen molar-refractivity contribution < 1.29 is 0 Å². The van der Waals surface area contributed by atoms with Crippen LogP contribution in [0.25, 0.3) is 21.8 Å². The van der Waals surface area contributed by atoms with Gasteiger partial charge in [0.25, 0.3) is 0 Å². The Balaban J connectivity index is 1.56. The van der Waals surface area contributed by atoms with E-state index in [1.54, 1.807) is 0 Å². The van der Waals surface area contributed by atoms with E-state index in [4.69, 9.17) is 0 Å². The van der Waals surface area contributed by atoms with E-state index in [1.807, 2.05) is 12.3 Å². The van der Waals surface area contributed by atoms with Gasteiger partial charge >= 0.3 is 0 Å². The highest BCUT2D eigenvalue weighted by atomic mass is 15.1. The van der Waals surface area contributed by atoms with Gasteiger partial charge in [0, 0.05) is 16.5 Å². The first-order valence-corrected chi connectivity index (χ1v) is 8.92. The van der Waals surface area contributed by atoms with E-state index in [2.05, 4.69) is 77.6 Å². The molecule has 4 heteroatoms. The van der Waals surface area contributed by atoms with Crippen LogP contribution in [0.3, 0.4) is 0 Å². The summed E-state index contributed by atoms with van der Waals surface area (Å²) in [4.78, 5) is 0. The third-order valence-electron chi connectivity index (χ3n) is 5.40. The summed E-state index contributed by atoms with van der Waals surface area (Å²) in [7, 11) is 0. The molecule has 0 aliphatic carbocycles. The van der Waals surface area contributed by atoms with Gasteiger partial charge in [0.15, 0.2) is 0 Å². The second kappa shape index (κ2) is 6.03. The van der Waals surface area contributed by atoms with Crippen LogP contribution in [0.5, 0.6) is 0 Å². The standard InChI is InChI=1S/C21H24N4/c1-14(20-15-7-4-5-9-18(15)24-25-20)11-12-21(2,3)17-8-6-10-19-16(17)13-22-23-19/h4-10,13-14H,11-12H2,1-3H3,(H,22,23)(H,24,25)/t14-/m1/s1. The molecule has 0 bridgehead atoms. The van der Waals surface area contributed by atoms with Crippen molar-refractivity contribution in [2.24, 2.45) is 0 Å². The van der Waals surface area contributed by atoms with Crippen LogP contribution >= 0.6 is 0 Å². The van der Waals surface area contributed by atoms with Crippen molar-refractivity contribution in [3.8, 4) is 0 Å². The van der Waals surface area contributed by atoms with Crippen molar-refractivity contribution in [1.82, 2.24) is 20.4 Å². The Kier molecular flexibility index (Phi) is 3.83. The minimum absolute atomic E-state index is 0.0907. The lowest BCUT2D eigenvalue weighted by Gasteiger charge is -2.27. The molecule has 25 heavy (non-hydrogen) atoms. The molecular weight excluding hydrogens is 308 g/mol. The van der Waals surface area contributed by atoms with Gasteiger partial charge in [0.2, 0.25) is 0 Å². The zero-order chi connectivity index (χ0) is 17.4. The normalized spacial score (nSPS) is 13.6. The number of para-hydroxylation sites is 1. The van der Waals surface area contributed by atoms with Gasteiger partial charge in [0.1, 0.15) is 0 Å². The number of nitrogens with zero attached hydrogens (tertiary/aromatic N) is 2. The third-order valence-corrected chi connectivity index (χ3v) is 5.40. The van der Waals surface area contributed by atoms with Gasteiger partial charge in [-0.1, -0.05) is 51.1 Å². The molecule has 0 radical (unpaired) electrons. The fourth-order valence-electron chi connectivity index (χ4n) is 3.77. The summed E-state index contributed by atoms with van der Waals surface area (Å²) >= 11 is 0. The molecule has 0 spiro atoms. The number of fused-ring (bicyclic) bond motifs is 2. The fraction of sp³-hybridized carbons (Fsp3) is 0.333. The van der Waals surface area contributed by atoms with E-state index in [0.29, 0.717) is 5.92 Å². The quantitative estimate of drug-likeness (QED) is 0.521. The summed E-state index contributed by atoms with van der Waals surface area (Å²) in [6, 6.07) is 14.8. The predicted octanol–water partition coefficient (Wildman–Crippen LogP) is 5.30. The van der Waals surface area contributed by atoms with Gasteiger partial charge in [-0.25, -0.2) is 0 Å². The number of hydrogen-bond donors (Lipinski definition) is 2. The SMILES string of the molecule is C[C@H](CCC(C)(C)c1cccc2[nH]ncc12)c1[nH]nc2ccccc12. The van der Waals surface area contributed by atoms with Gasteiger partial charge in [-0.15, -0.1) is 0 Å². The molecule has 4 nitrogen and oxygen atoms in total. The lowest BCUT2D eigenvalue weighted by molar-refractivity contribution is 0.440. The second-order valence-corrected chi connectivity index (χ2v) is 7.61. The first-order valence-electron chi connectivity index (χ1n) is 8.92. The van der Waals surface area contributed by atoms with Gasteiger partial charge < -0.3 is 0 Å². The largest absolute Gasteiger partial charge is 0.281 e. The van der Waals surface area contributed by atoms with Crippen molar-refractivity contribution in [1.29, 1.82) is 0 Å². The molecule has 0 saturated heterocycles. The summed E-state index contributed by atoms with van der Waals surface area (Å²) in [6.45, 7) is 6.94. The minimum atomic E-state index is 0.0907. The fourth-order valence-corrected chi connectivity index (χ4v) is 3.77. The van der Waals surface area contributed by atoms with E-state index in [-0.39, 0.29) is 5.41 Å². The molecule has 0 fully saturated rings. The van der Waals surface area contributed by atoms with Crippen LogP contribution in [0.1, 0.15) is 50.8 Å². The number of rotatable bonds is 5. The van der Waals surface area contributed by atoms with Gasteiger partial charge in [-0.3, -0.25) is 10.2 Å². The zero-order valence-corrected chi connectivity index (χ0v) is 15.0. The predicted molar refractivity (Wildman–Crippen MR) is 103 cm³/mol. The average molecular weight is 332 g/mol. The van der Waals surface area contributed by atoms with E-state index in [0.717, 1.165) is 23.9 Å². The van der Waals surface area contributed by atoms with Crippen molar-refractivity contribution in [2.45, 2.75) is 44.9 Å². The maximum absolute atomic E-state index is 4.44.